The van der Waals surface area contributed by atoms with Crippen molar-refractivity contribution in [1.82, 2.24) is 9.88 Å². The molecule has 0 spiro atoms. The lowest BCUT2D eigenvalue weighted by molar-refractivity contribution is -0.110. The van der Waals surface area contributed by atoms with Crippen molar-refractivity contribution < 1.29 is 9.47 Å². The van der Waals surface area contributed by atoms with Crippen molar-refractivity contribution in [1.29, 1.82) is 0 Å². The zero-order chi connectivity index (χ0) is 19.3. The van der Waals surface area contributed by atoms with Gasteiger partial charge in [0.25, 0.3) is 0 Å². The third-order valence-corrected chi connectivity index (χ3v) is 6.67. The number of pyridine rings is 1. The van der Waals surface area contributed by atoms with Crippen molar-refractivity contribution in [2.24, 2.45) is 5.92 Å². The molecule has 0 N–H and O–H groups in total. The second-order valence-corrected chi connectivity index (χ2v) is 9.03. The Labute approximate surface area is 170 Å². The van der Waals surface area contributed by atoms with Crippen molar-refractivity contribution >= 4 is 5.69 Å². The molecule has 1 aromatic heterocycles. The Hall–Kier alpha value is -1.33. The summed E-state index contributed by atoms with van der Waals surface area (Å²) in [7, 11) is 0. The highest BCUT2D eigenvalue weighted by Gasteiger charge is 2.34. The number of nitrogens with zero attached hydrogens (tertiary/aromatic N) is 3. The second-order valence-electron chi connectivity index (χ2n) is 9.03. The molecule has 5 heteroatoms. The Morgan fingerprint density at radius 2 is 1.75 bits per heavy atom. The molecule has 3 heterocycles. The van der Waals surface area contributed by atoms with Gasteiger partial charge >= 0.3 is 0 Å². The maximum atomic E-state index is 6.32. The number of anilines is 1. The molecule has 0 bridgehead atoms. The second kappa shape index (κ2) is 9.45. The highest BCUT2D eigenvalue weighted by Crippen LogP contribution is 2.32. The predicted molar refractivity (Wildman–Crippen MR) is 113 cm³/mol. The maximum Gasteiger partial charge on any atom is 0.215 e. The molecule has 1 aliphatic carbocycles. The molecule has 0 aromatic carbocycles. The summed E-state index contributed by atoms with van der Waals surface area (Å²) in [6, 6.07) is 4.23. The summed E-state index contributed by atoms with van der Waals surface area (Å²) >= 11 is 0. The Morgan fingerprint density at radius 1 is 1.00 bits per heavy atom. The number of likely N-dealkylation sites (tertiary alicyclic amines) is 1. The highest BCUT2D eigenvalue weighted by molar-refractivity contribution is 5.48. The molecule has 2 aliphatic heterocycles. The van der Waals surface area contributed by atoms with Crippen LogP contribution in [0.4, 0.5) is 5.69 Å². The molecule has 0 amide bonds. The number of rotatable bonds is 7. The average Bonchev–Trinajstić information content (AvgIpc) is 2.69. The Morgan fingerprint density at radius 3 is 2.46 bits per heavy atom. The van der Waals surface area contributed by atoms with Gasteiger partial charge in [0, 0.05) is 57.0 Å². The molecule has 0 unspecified atom stereocenters. The van der Waals surface area contributed by atoms with E-state index in [0.717, 1.165) is 37.7 Å². The van der Waals surface area contributed by atoms with Crippen LogP contribution in [0.15, 0.2) is 18.3 Å². The third kappa shape index (κ3) is 5.18. The van der Waals surface area contributed by atoms with Crippen molar-refractivity contribution in [2.45, 2.75) is 77.1 Å². The van der Waals surface area contributed by atoms with Crippen LogP contribution in [0.3, 0.4) is 0 Å². The summed E-state index contributed by atoms with van der Waals surface area (Å²) in [6.45, 7) is 10.5. The molecular weight excluding hydrogens is 350 g/mol. The van der Waals surface area contributed by atoms with Gasteiger partial charge in [-0.15, -0.1) is 0 Å². The standard InChI is InChI=1S/C23H37N3O2/c1-3-10-25-11-7-20(8-12-25)27-21-16-22(17-21)28-23-15-19(4-9-24-23)26-13-5-18(2)6-14-26/h4,9,15,18,20-22H,3,5-8,10-14,16-17H2,1-2H3/t21-,22-. The average molecular weight is 388 g/mol. The van der Waals surface area contributed by atoms with Gasteiger partial charge in [0.15, 0.2) is 0 Å². The largest absolute Gasteiger partial charge is 0.474 e. The lowest BCUT2D eigenvalue weighted by Gasteiger charge is -2.39. The third-order valence-electron chi connectivity index (χ3n) is 6.67. The Balaban J connectivity index is 1.18. The van der Waals surface area contributed by atoms with Gasteiger partial charge in [-0.2, -0.15) is 0 Å². The molecule has 0 radical (unpaired) electrons. The van der Waals surface area contributed by atoms with E-state index >= 15 is 0 Å². The topological polar surface area (TPSA) is 37.8 Å². The minimum Gasteiger partial charge on any atom is -0.474 e. The van der Waals surface area contributed by atoms with Crippen molar-refractivity contribution in [3.8, 4) is 5.88 Å². The highest BCUT2D eigenvalue weighted by atomic mass is 16.5. The van der Waals surface area contributed by atoms with Gasteiger partial charge in [0.1, 0.15) is 6.10 Å². The maximum absolute atomic E-state index is 6.32. The van der Waals surface area contributed by atoms with Crippen LogP contribution in [0.25, 0.3) is 0 Å². The molecule has 28 heavy (non-hydrogen) atoms. The van der Waals surface area contributed by atoms with Crippen LogP contribution in [-0.4, -0.2) is 60.9 Å². The number of ether oxygens (including phenoxy) is 2. The van der Waals surface area contributed by atoms with Crippen molar-refractivity contribution in [3.05, 3.63) is 18.3 Å². The van der Waals surface area contributed by atoms with E-state index in [1.165, 1.54) is 57.4 Å². The summed E-state index contributed by atoms with van der Waals surface area (Å²) in [6.07, 6.45) is 11.1. The molecule has 3 fully saturated rings. The zero-order valence-corrected chi connectivity index (χ0v) is 17.7. The fourth-order valence-electron chi connectivity index (χ4n) is 4.68. The first-order valence-electron chi connectivity index (χ1n) is 11.4. The Bertz CT molecular complexity index is 604. The summed E-state index contributed by atoms with van der Waals surface area (Å²) in [4.78, 5) is 9.47. The van der Waals surface area contributed by atoms with E-state index in [1.807, 2.05) is 6.20 Å². The van der Waals surface area contributed by atoms with Gasteiger partial charge in [-0.25, -0.2) is 4.98 Å². The van der Waals surface area contributed by atoms with E-state index in [9.17, 15) is 0 Å². The van der Waals surface area contributed by atoms with Gasteiger partial charge in [-0.05, 0) is 50.6 Å². The van der Waals surface area contributed by atoms with Gasteiger partial charge in [0.05, 0.1) is 12.2 Å². The SMILES string of the molecule is CCCN1CCC(O[C@H]2C[C@H](Oc3cc(N4CCC(C)CC4)ccn3)C2)CC1. The van der Waals surface area contributed by atoms with Gasteiger partial charge < -0.3 is 19.3 Å². The fourth-order valence-corrected chi connectivity index (χ4v) is 4.68. The van der Waals surface area contributed by atoms with Crippen molar-refractivity contribution in [2.75, 3.05) is 37.6 Å². The van der Waals surface area contributed by atoms with E-state index in [0.29, 0.717) is 12.2 Å². The monoisotopic (exact) mass is 387 g/mol. The van der Waals surface area contributed by atoms with Crippen LogP contribution in [0, 0.1) is 5.92 Å². The van der Waals surface area contributed by atoms with E-state index < -0.39 is 0 Å². The van der Waals surface area contributed by atoms with Crippen LogP contribution in [-0.2, 0) is 4.74 Å². The van der Waals surface area contributed by atoms with Crippen LogP contribution < -0.4 is 9.64 Å². The predicted octanol–water partition coefficient (Wildman–Crippen LogP) is 4.12. The lowest BCUT2D eigenvalue weighted by Crippen LogP contribution is -2.44. The van der Waals surface area contributed by atoms with E-state index in [-0.39, 0.29) is 6.10 Å². The smallest absolute Gasteiger partial charge is 0.215 e. The minimum absolute atomic E-state index is 0.259. The van der Waals surface area contributed by atoms with Crippen LogP contribution >= 0.6 is 0 Å². The van der Waals surface area contributed by atoms with Crippen molar-refractivity contribution in [3.63, 3.8) is 0 Å². The van der Waals surface area contributed by atoms with E-state index in [1.54, 1.807) is 0 Å². The molecule has 0 atom stereocenters. The van der Waals surface area contributed by atoms with Gasteiger partial charge in [-0.1, -0.05) is 13.8 Å². The first-order chi connectivity index (χ1) is 13.7. The van der Waals surface area contributed by atoms with E-state index in [4.69, 9.17) is 9.47 Å². The number of hydrogen-bond donors (Lipinski definition) is 0. The summed E-state index contributed by atoms with van der Waals surface area (Å²) < 4.78 is 12.5. The van der Waals surface area contributed by atoms with Gasteiger partial charge in [0.2, 0.25) is 5.88 Å². The van der Waals surface area contributed by atoms with Crippen LogP contribution in [0.5, 0.6) is 5.88 Å². The normalized spacial score (nSPS) is 27.6. The molecule has 3 aliphatic rings. The van der Waals surface area contributed by atoms with Gasteiger partial charge in [-0.3, -0.25) is 0 Å². The molecule has 5 nitrogen and oxygen atoms in total. The number of hydrogen-bond acceptors (Lipinski definition) is 5. The summed E-state index contributed by atoms with van der Waals surface area (Å²) in [5, 5.41) is 0. The van der Waals surface area contributed by atoms with E-state index in [2.05, 4.69) is 40.8 Å². The quantitative estimate of drug-likeness (QED) is 0.704. The lowest BCUT2D eigenvalue weighted by atomic mass is 9.91. The Kier molecular flexibility index (Phi) is 6.73. The molecule has 4 rings (SSSR count). The molecule has 1 aromatic rings. The first-order valence-corrected chi connectivity index (χ1v) is 11.4. The molecular formula is C23H37N3O2. The zero-order valence-electron chi connectivity index (χ0n) is 17.7. The molecule has 2 saturated heterocycles. The number of aromatic nitrogens is 1. The minimum atomic E-state index is 0.259. The molecule has 1 saturated carbocycles. The summed E-state index contributed by atoms with van der Waals surface area (Å²) in [5.74, 6) is 1.62. The fraction of sp³-hybridized carbons (Fsp3) is 0.783. The van der Waals surface area contributed by atoms with Crippen LogP contribution in [0.2, 0.25) is 0 Å². The summed E-state index contributed by atoms with van der Waals surface area (Å²) in [5.41, 5.74) is 1.25. The molecule has 156 valence electrons. The first kappa shape index (κ1) is 20.0. The number of piperidine rings is 2. The van der Waals surface area contributed by atoms with Crippen LogP contribution in [0.1, 0.15) is 58.8 Å².